The number of likely N-dealkylation sites (tertiary alicyclic amines) is 1. The number of piperidine rings is 1. The predicted octanol–water partition coefficient (Wildman–Crippen LogP) is 2.12. The number of hydrogen-bond acceptors (Lipinski definition) is 6. The van der Waals surface area contributed by atoms with Crippen molar-refractivity contribution in [3.8, 4) is 0 Å². The molecule has 2 aromatic rings. The molecule has 1 aromatic carbocycles. The molecule has 0 bridgehead atoms. The summed E-state index contributed by atoms with van der Waals surface area (Å²) in [4.78, 5) is 24.2. The molecule has 4 rings (SSSR count). The molecule has 0 aliphatic carbocycles. The molecule has 7 nitrogen and oxygen atoms in total. The lowest BCUT2D eigenvalue weighted by atomic mass is 9.96. The largest absolute Gasteiger partial charge is 0.373 e. The number of para-hydroxylation sites is 1. The van der Waals surface area contributed by atoms with Crippen molar-refractivity contribution in [1.29, 1.82) is 0 Å². The summed E-state index contributed by atoms with van der Waals surface area (Å²) >= 11 is 0. The Labute approximate surface area is 170 Å². The smallest absolute Gasteiger partial charge is 0.238 e. The van der Waals surface area contributed by atoms with Gasteiger partial charge in [0.05, 0.1) is 17.9 Å². The second-order valence-electron chi connectivity index (χ2n) is 7.63. The maximum atomic E-state index is 13.8. The van der Waals surface area contributed by atoms with Gasteiger partial charge in [0, 0.05) is 44.6 Å². The van der Waals surface area contributed by atoms with E-state index in [0.717, 1.165) is 68.3 Å². The van der Waals surface area contributed by atoms with E-state index in [1.165, 1.54) is 6.07 Å². The predicted molar refractivity (Wildman–Crippen MR) is 110 cm³/mol. The molecule has 2 aliphatic rings. The second-order valence-corrected chi connectivity index (χ2v) is 7.63. The van der Waals surface area contributed by atoms with Crippen LogP contribution in [0.25, 0.3) is 0 Å². The number of rotatable bonds is 5. The molecule has 1 atom stereocenters. The minimum atomic E-state index is -0.422. The Balaban J connectivity index is 1.43. The third-order valence-electron chi connectivity index (χ3n) is 5.57. The van der Waals surface area contributed by atoms with Gasteiger partial charge in [0.15, 0.2) is 0 Å². The lowest BCUT2D eigenvalue weighted by Gasteiger charge is -2.32. The molecule has 1 aromatic heterocycles. The van der Waals surface area contributed by atoms with E-state index in [1.54, 1.807) is 18.2 Å². The molecule has 154 valence electrons. The number of halogens is 1. The quantitative estimate of drug-likeness (QED) is 0.716. The summed E-state index contributed by atoms with van der Waals surface area (Å²) in [5, 5.41) is 9.24. The van der Waals surface area contributed by atoms with E-state index >= 15 is 0 Å². The van der Waals surface area contributed by atoms with Crippen molar-refractivity contribution in [3.05, 3.63) is 47.2 Å². The zero-order valence-corrected chi connectivity index (χ0v) is 16.7. The SMILES string of the molecule is CNc1nc([C@H]2CCCN(CC(=O)Nc3ccccc3F)C2)nc2c1CNCC2. The Morgan fingerprint density at radius 2 is 2.21 bits per heavy atom. The van der Waals surface area contributed by atoms with E-state index in [1.807, 2.05) is 7.05 Å². The Hall–Kier alpha value is -2.58. The maximum Gasteiger partial charge on any atom is 0.238 e. The highest BCUT2D eigenvalue weighted by Crippen LogP contribution is 2.28. The van der Waals surface area contributed by atoms with Gasteiger partial charge in [-0.2, -0.15) is 0 Å². The third kappa shape index (κ3) is 4.54. The van der Waals surface area contributed by atoms with Gasteiger partial charge >= 0.3 is 0 Å². The van der Waals surface area contributed by atoms with Crippen molar-refractivity contribution >= 4 is 17.4 Å². The first-order valence-electron chi connectivity index (χ1n) is 10.2. The molecule has 29 heavy (non-hydrogen) atoms. The lowest BCUT2D eigenvalue weighted by molar-refractivity contribution is -0.117. The number of benzene rings is 1. The van der Waals surface area contributed by atoms with Crippen molar-refractivity contribution in [2.24, 2.45) is 0 Å². The molecule has 1 saturated heterocycles. The molecule has 0 saturated carbocycles. The van der Waals surface area contributed by atoms with Crippen molar-refractivity contribution in [2.45, 2.75) is 31.7 Å². The minimum Gasteiger partial charge on any atom is -0.373 e. The Bertz CT molecular complexity index is 872. The van der Waals surface area contributed by atoms with Crippen molar-refractivity contribution in [2.75, 3.05) is 43.9 Å². The van der Waals surface area contributed by atoms with Crippen LogP contribution in [0.1, 0.15) is 35.8 Å². The molecular formula is C21H27FN6O. The summed E-state index contributed by atoms with van der Waals surface area (Å²) in [5.74, 6) is 1.32. The van der Waals surface area contributed by atoms with E-state index < -0.39 is 5.82 Å². The first-order chi connectivity index (χ1) is 14.1. The van der Waals surface area contributed by atoms with Crippen LogP contribution in [0.3, 0.4) is 0 Å². The first kappa shape index (κ1) is 19.7. The van der Waals surface area contributed by atoms with Crippen LogP contribution in [0.4, 0.5) is 15.9 Å². The van der Waals surface area contributed by atoms with Gasteiger partial charge in [-0.3, -0.25) is 9.69 Å². The fourth-order valence-corrected chi connectivity index (χ4v) is 4.12. The minimum absolute atomic E-state index is 0.192. The molecule has 3 N–H and O–H groups in total. The van der Waals surface area contributed by atoms with Crippen LogP contribution in [0.2, 0.25) is 0 Å². The van der Waals surface area contributed by atoms with Crippen LogP contribution in [0.15, 0.2) is 24.3 Å². The molecule has 8 heteroatoms. The van der Waals surface area contributed by atoms with E-state index in [0.29, 0.717) is 0 Å². The van der Waals surface area contributed by atoms with Crippen molar-refractivity contribution in [3.63, 3.8) is 0 Å². The highest BCUT2D eigenvalue weighted by atomic mass is 19.1. The van der Waals surface area contributed by atoms with Crippen LogP contribution in [0, 0.1) is 5.82 Å². The topological polar surface area (TPSA) is 82.2 Å². The average molecular weight is 398 g/mol. The van der Waals surface area contributed by atoms with Gasteiger partial charge in [0.1, 0.15) is 17.5 Å². The van der Waals surface area contributed by atoms with Crippen molar-refractivity contribution < 1.29 is 9.18 Å². The molecule has 1 fully saturated rings. The first-order valence-corrected chi connectivity index (χ1v) is 10.2. The number of carbonyl (C=O) groups excluding carboxylic acids is 1. The molecule has 0 radical (unpaired) electrons. The van der Waals surface area contributed by atoms with Crippen LogP contribution in [-0.4, -0.2) is 54.0 Å². The molecular weight excluding hydrogens is 371 g/mol. The lowest BCUT2D eigenvalue weighted by Crippen LogP contribution is -2.40. The molecule has 3 heterocycles. The highest BCUT2D eigenvalue weighted by Gasteiger charge is 2.27. The standard InChI is InChI=1S/C21H27FN6O/c1-23-21-15-11-24-9-8-17(15)26-20(27-21)14-5-4-10-28(12-14)13-19(29)25-18-7-3-2-6-16(18)22/h2-3,6-7,14,24H,4-5,8-13H2,1H3,(H,25,29)(H,23,26,27)/t14-/m0/s1. The number of anilines is 2. The number of hydrogen-bond donors (Lipinski definition) is 3. The van der Waals surface area contributed by atoms with Gasteiger partial charge in [-0.05, 0) is 31.5 Å². The van der Waals surface area contributed by atoms with Crippen LogP contribution < -0.4 is 16.0 Å². The van der Waals surface area contributed by atoms with E-state index in [-0.39, 0.29) is 24.1 Å². The third-order valence-corrected chi connectivity index (χ3v) is 5.57. The fourth-order valence-electron chi connectivity index (χ4n) is 4.12. The number of aromatic nitrogens is 2. The van der Waals surface area contributed by atoms with Gasteiger partial charge in [0.2, 0.25) is 5.91 Å². The Morgan fingerprint density at radius 3 is 3.03 bits per heavy atom. The Kier molecular flexibility index (Phi) is 6.01. The van der Waals surface area contributed by atoms with Gasteiger partial charge in [-0.15, -0.1) is 0 Å². The van der Waals surface area contributed by atoms with Crippen molar-refractivity contribution in [1.82, 2.24) is 20.2 Å². The molecule has 0 unspecified atom stereocenters. The highest BCUT2D eigenvalue weighted by molar-refractivity contribution is 5.92. The summed E-state index contributed by atoms with van der Waals surface area (Å²) < 4.78 is 13.8. The van der Waals surface area contributed by atoms with Crippen LogP contribution in [0.5, 0.6) is 0 Å². The monoisotopic (exact) mass is 398 g/mol. The Morgan fingerprint density at radius 1 is 1.34 bits per heavy atom. The molecule has 1 amide bonds. The summed E-state index contributed by atoms with van der Waals surface area (Å²) in [5.41, 5.74) is 2.49. The zero-order chi connectivity index (χ0) is 20.2. The summed E-state index contributed by atoms with van der Waals surface area (Å²) in [6.07, 6.45) is 2.89. The summed E-state index contributed by atoms with van der Waals surface area (Å²) in [6, 6.07) is 6.22. The zero-order valence-electron chi connectivity index (χ0n) is 16.7. The van der Waals surface area contributed by atoms with Gasteiger partial charge in [-0.1, -0.05) is 12.1 Å². The van der Waals surface area contributed by atoms with E-state index in [2.05, 4.69) is 20.9 Å². The maximum absolute atomic E-state index is 13.8. The van der Waals surface area contributed by atoms with Crippen LogP contribution >= 0.6 is 0 Å². The summed E-state index contributed by atoms with van der Waals surface area (Å²) in [7, 11) is 1.89. The van der Waals surface area contributed by atoms with Gasteiger partial charge in [-0.25, -0.2) is 14.4 Å². The number of carbonyl (C=O) groups is 1. The average Bonchev–Trinajstić information content (AvgIpc) is 2.74. The van der Waals surface area contributed by atoms with Crippen LogP contribution in [-0.2, 0) is 17.8 Å². The van der Waals surface area contributed by atoms with E-state index in [9.17, 15) is 9.18 Å². The van der Waals surface area contributed by atoms with Gasteiger partial charge < -0.3 is 16.0 Å². The summed E-state index contributed by atoms with van der Waals surface area (Å²) in [6.45, 7) is 3.52. The number of nitrogens with one attached hydrogen (secondary N) is 3. The molecule has 0 spiro atoms. The normalized spacial score (nSPS) is 19.4. The number of fused-ring (bicyclic) bond motifs is 1. The second kappa shape index (κ2) is 8.84. The number of amides is 1. The fraction of sp³-hybridized carbons (Fsp3) is 0.476. The van der Waals surface area contributed by atoms with Gasteiger partial charge in [0.25, 0.3) is 0 Å². The number of nitrogens with zero attached hydrogens (tertiary/aromatic N) is 3. The van der Waals surface area contributed by atoms with E-state index in [4.69, 9.17) is 9.97 Å². The molecule has 2 aliphatic heterocycles.